The Bertz CT molecular complexity index is 1120. The quantitative estimate of drug-likeness (QED) is 0.474. The summed E-state index contributed by atoms with van der Waals surface area (Å²) >= 11 is 0. The van der Waals surface area contributed by atoms with Gasteiger partial charge in [0, 0.05) is 31.0 Å². The van der Waals surface area contributed by atoms with Gasteiger partial charge in [-0.15, -0.1) is 0 Å². The molecule has 0 radical (unpaired) electrons. The van der Waals surface area contributed by atoms with Crippen molar-refractivity contribution >= 4 is 0 Å². The lowest BCUT2D eigenvalue weighted by atomic mass is 10.2. The number of hydrogen-bond donors (Lipinski definition) is 0. The topological polar surface area (TPSA) is 77.4 Å². The number of rotatable bonds is 6. The number of aryl methyl sites for hydroxylation is 1. The van der Waals surface area contributed by atoms with Crippen LogP contribution >= 0.6 is 0 Å². The molecule has 1 aromatic carbocycles. The van der Waals surface area contributed by atoms with E-state index in [0.717, 1.165) is 54.5 Å². The van der Waals surface area contributed by atoms with Crippen LogP contribution in [-0.2, 0) is 6.54 Å². The normalized spacial score (nSPS) is 16.8. The lowest BCUT2D eigenvalue weighted by Crippen LogP contribution is -2.24. The number of benzene rings is 1. The highest BCUT2D eigenvalue weighted by atomic mass is 16.5. The van der Waals surface area contributed by atoms with Gasteiger partial charge in [0.1, 0.15) is 23.4 Å². The minimum atomic E-state index is 0.102. The van der Waals surface area contributed by atoms with E-state index in [9.17, 15) is 0 Å². The molecule has 1 saturated heterocycles. The molecule has 152 valence electrons. The first kappa shape index (κ1) is 18.6. The molecule has 1 aliphatic rings. The van der Waals surface area contributed by atoms with Gasteiger partial charge in [0.2, 0.25) is 5.82 Å². The van der Waals surface area contributed by atoms with E-state index in [4.69, 9.17) is 13.7 Å². The van der Waals surface area contributed by atoms with Crippen molar-refractivity contribution in [2.75, 3.05) is 13.1 Å². The summed E-state index contributed by atoms with van der Waals surface area (Å²) in [5, 5.41) is 4.11. The molecule has 7 heteroatoms. The second-order valence-corrected chi connectivity index (χ2v) is 7.43. The number of pyridine rings is 1. The lowest BCUT2D eigenvalue weighted by Gasteiger charge is -2.17. The first-order valence-corrected chi connectivity index (χ1v) is 10.0. The van der Waals surface area contributed by atoms with Crippen LogP contribution in [0.3, 0.4) is 0 Å². The second kappa shape index (κ2) is 8.12. The van der Waals surface area contributed by atoms with Gasteiger partial charge >= 0.3 is 0 Å². The molecule has 4 aromatic rings. The molecule has 30 heavy (non-hydrogen) atoms. The first-order chi connectivity index (χ1) is 14.7. The van der Waals surface area contributed by atoms with Gasteiger partial charge in [-0.25, -0.2) is 0 Å². The molecule has 0 aliphatic carbocycles. The minimum absolute atomic E-state index is 0.102. The number of ether oxygens (including phenoxy) is 1. The third-order valence-electron chi connectivity index (χ3n) is 5.18. The molecule has 5 rings (SSSR count). The van der Waals surface area contributed by atoms with E-state index < -0.39 is 0 Å². The van der Waals surface area contributed by atoms with Crippen LogP contribution < -0.4 is 4.74 Å². The maximum atomic E-state index is 6.34. The standard InChI is InChI=1S/C23H22N4O3/c1-16-6-7-18(28-16)14-27-13-10-19(15-27)29-21-5-3-2-4-20(21)23-25-22(26-30-23)17-8-11-24-12-9-17/h2-9,11-12,19H,10,13-15H2,1H3. The lowest BCUT2D eigenvalue weighted by molar-refractivity contribution is 0.194. The van der Waals surface area contributed by atoms with E-state index in [2.05, 4.69) is 20.0 Å². The molecule has 1 atom stereocenters. The Morgan fingerprint density at radius 2 is 1.97 bits per heavy atom. The molecule has 0 bridgehead atoms. The maximum absolute atomic E-state index is 6.34. The highest BCUT2D eigenvalue weighted by Gasteiger charge is 2.26. The Morgan fingerprint density at radius 3 is 2.80 bits per heavy atom. The van der Waals surface area contributed by atoms with Gasteiger partial charge in [-0.1, -0.05) is 17.3 Å². The maximum Gasteiger partial charge on any atom is 0.262 e. The largest absolute Gasteiger partial charge is 0.488 e. The minimum Gasteiger partial charge on any atom is -0.488 e. The van der Waals surface area contributed by atoms with E-state index in [-0.39, 0.29) is 6.10 Å². The molecular formula is C23H22N4O3. The average Bonchev–Trinajstić information content (AvgIpc) is 3.51. The summed E-state index contributed by atoms with van der Waals surface area (Å²) < 4.78 is 17.6. The molecule has 1 fully saturated rings. The molecule has 3 aromatic heterocycles. The van der Waals surface area contributed by atoms with E-state index in [1.54, 1.807) is 12.4 Å². The average molecular weight is 402 g/mol. The number of likely N-dealkylation sites (tertiary alicyclic amines) is 1. The van der Waals surface area contributed by atoms with Crippen molar-refractivity contribution in [1.82, 2.24) is 20.0 Å². The fraction of sp³-hybridized carbons (Fsp3) is 0.261. The first-order valence-electron chi connectivity index (χ1n) is 10.0. The zero-order chi connectivity index (χ0) is 20.3. The van der Waals surface area contributed by atoms with Crippen molar-refractivity contribution in [1.29, 1.82) is 0 Å². The van der Waals surface area contributed by atoms with Gasteiger partial charge in [0.05, 0.1) is 12.1 Å². The molecule has 4 heterocycles. The molecule has 0 amide bonds. The summed E-state index contributed by atoms with van der Waals surface area (Å²) in [7, 11) is 0. The third kappa shape index (κ3) is 3.97. The van der Waals surface area contributed by atoms with Crippen LogP contribution in [0, 0.1) is 6.92 Å². The van der Waals surface area contributed by atoms with Crippen molar-refractivity contribution in [2.24, 2.45) is 0 Å². The second-order valence-electron chi connectivity index (χ2n) is 7.43. The third-order valence-corrected chi connectivity index (χ3v) is 5.18. The Balaban J connectivity index is 1.29. The summed E-state index contributed by atoms with van der Waals surface area (Å²) in [5.74, 6) is 3.66. The smallest absolute Gasteiger partial charge is 0.262 e. The van der Waals surface area contributed by atoms with Crippen molar-refractivity contribution < 1.29 is 13.7 Å². The summed E-state index contributed by atoms with van der Waals surface area (Å²) in [6.07, 6.45) is 4.47. The zero-order valence-electron chi connectivity index (χ0n) is 16.7. The SMILES string of the molecule is Cc1ccc(CN2CCC(Oc3ccccc3-c3nc(-c4ccncc4)no3)C2)o1. The van der Waals surface area contributed by atoms with Crippen LogP contribution in [0.15, 0.2) is 69.9 Å². The predicted octanol–water partition coefficient (Wildman–Crippen LogP) is 4.35. The summed E-state index contributed by atoms with van der Waals surface area (Å²) in [5.41, 5.74) is 1.66. The number of nitrogens with zero attached hydrogens (tertiary/aromatic N) is 4. The highest BCUT2D eigenvalue weighted by molar-refractivity contribution is 5.65. The Labute approximate surface area is 174 Å². The van der Waals surface area contributed by atoms with E-state index >= 15 is 0 Å². The number of hydrogen-bond acceptors (Lipinski definition) is 7. The fourth-order valence-corrected chi connectivity index (χ4v) is 3.70. The van der Waals surface area contributed by atoms with Gasteiger partial charge in [-0.05, 0) is 49.7 Å². The van der Waals surface area contributed by atoms with E-state index in [0.29, 0.717) is 11.7 Å². The zero-order valence-corrected chi connectivity index (χ0v) is 16.7. The molecule has 1 aliphatic heterocycles. The molecule has 0 N–H and O–H groups in total. The Hall–Kier alpha value is -3.45. The molecule has 7 nitrogen and oxygen atoms in total. The Kier molecular flexibility index (Phi) is 5.03. The fourth-order valence-electron chi connectivity index (χ4n) is 3.70. The van der Waals surface area contributed by atoms with Crippen LogP contribution in [0.25, 0.3) is 22.8 Å². The van der Waals surface area contributed by atoms with E-state index in [1.165, 1.54) is 0 Å². The van der Waals surface area contributed by atoms with Crippen LogP contribution in [-0.4, -0.2) is 39.2 Å². The molecule has 0 spiro atoms. The van der Waals surface area contributed by atoms with Gasteiger partial charge in [-0.2, -0.15) is 4.98 Å². The summed E-state index contributed by atoms with van der Waals surface area (Å²) in [6.45, 7) is 4.59. The number of furan rings is 1. The predicted molar refractivity (Wildman–Crippen MR) is 111 cm³/mol. The molecular weight excluding hydrogens is 380 g/mol. The van der Waals surface area contributed by atoms with Crippen molar-refractivity contribution in [3.8, 4) is 28.6 Å². The van der Waals surface area contributed by atoms with Crippen LogP contribution in [0.2, 0.25) is 0 Å². The van der Waals surface area contributed by atoms with Crippen LogP contribution in [0.5, 0.6) is 5.75 Å². The molecule has 1 unspecified atom stereocenters. The van der Waals surface area contributed by atoms with Crippen LogP contribution in [0.4, 0.5) is 0 Å². The van der Waals surface area contributed by atoms with Gasteiger partial charge in [0.15, 0.2) is 0 Å². The van der Waals surface area contributed by atoms with E-state index in [1.807, 2.05) is 55.5 Å². The Morgan fingerprint density at radius 1 is 1.10 bits per heavy atom. The van der Waals surface area contributed by atoms with Crippen LogP contribution in [0.1, 0.15) is 17.9 Å². The number of para-hydroxylation sites is 1. The van der Waals surface area contributed by atoms with Gasteiger partial charge in [0.25, 0.3) is 5.89 Å². The van der Waals surface area contributed by atoms with Gasteiger partial charge in [-0.3, -0.25) is 9.88 Å². The monoisotopic (exact) mass is 402 g/mol. The van der Waals surface area contributed by atoms with Crippen molar-refractivity contribution in [3.05, 3.63) is 72.4 Å². The number of aromatic nitrogens is 3. The van der Waals surface area contributed by atoms with Gasteiger partial charge < -0.3 is 13.7 Å². The van der Waals surface area contributed by atoms with Crippen molar-refractivity contribution in [3.63, 3.8) is 0 Å². The van der Waals surface area contributed by atoms with Crippen molar-refractivity contribution in [2.45, 2.75) is 26.0 Å². The summed E-state index contributed by atoms with van der Waals surface area (Å²) in [6, 6.07) is 15.5. The highest BCUT2D eigenvalue weighted by Crippen LogP contribution is 2.32. The molecule has 0 saturated carbocycles. The summed E-state index contributed by atoms with van der Waals surface area (Å²) in [4.78, 5) is 10.9.